The Labute approximate surface area is 122 Å². The number of halogens is 1. The average Bonchev–Trinajstić information content (AvgIpc) is 2.89. The third kappa shape index (κ3) is 3.39. The molecular formula is C15H19BrN2O. The fourth-order valence-corrected chi connectivity index (χ4v) is 2.67. The smallest absolute Gasteiger partial charge is 0.123 e. The fourth-order valence-electron chi connectivity index (χ4n) is 2.02. The Hall–Kier alpha value is -1.26. The molecule has 0 aliphatic carbocycles. The Bertz CT molecular complexity index is 523. The van der Waals surface area contributed by atoms with Crippen molar-refractivity contribution in [1.82, 2.24) is 0 Å². The number of benzene rings is 1. The molecule has 1 aromatic carbocycles. The van der Waals surface area contributed by atoms with Gasteiger partial charge in [0.2, 0.25) is 0 Å². The summed E-state index contributed by atoms with van der Waals surface area (Å²) in [5, 5.41) is 0. The summed E-state index contributed by atoms with van der Waals surface area (Å²) in [6, 6.07) is 10.2. The number of anilines is 1. The van der Waals surface area contributed by atoms with Crippen LogP contribution < -0.4 is 10.6 Å². The van der Waals surface area contributed by atoms with Crippen LogP contribution in [0.5, 0.6) is 0 Å². The Morgan fingerprint density at radius 1 is 1.37 bits per heavy atom. The van der Waals surface area contributed by atoms with Gasteiger partial charge in [0, 0.05) is 17.1 Å². The van der Waals surface area contributed by atoms with Gasteiger partial charge >= 0.3 is 0 Å². The highest BCUT2D eigenvalue weighted by molar-refractivity contribution is 9.10. The van der Waals surface area contributed by atoms with Crippen LogP contribution in [0, 0.1) is 0 Å². The molecule has 2 aromatic rings. The first-order chi connectivity index (χ1) is 9.11. The van der Waals surface area contributed by atoms with Gasteiger partial charge < -0.3 is 15.1 Å². The summed E-state index contributed by atoms with van der Waals surface area (Å²) in [5.74, 6) is 0.963. The van der Waals surface area contributed by atoms with E-state index in [2.05, 4.69) is 46.0 Å². The molecule has 2 N–H and O–H groups in total. The lowest BCUT2D eigenvalue weighted by Gasteiger charge is -2.24. The summed E-state index contributed by atoms with van der Waals surface area (Å²) in [6.07, 6.45) is 1.71. The van der Waals surface area contributed by atoms with Gasteiger partial charge in [0.15, 0.2) is 0 Å². The van der Waals surface area contributed by atoms with Gasteiger partial charge in [-0.2, -0.15) is 0 Å². The van der Waals surface area contributed by atoms with E-state index in [4.69, 9.17) is 10.2 Å². The van der Waals surface area contributed by atoms with Crippen molar-refractivity contribution in [3.63, 3.8) is 0 Å². The average molecular weight is 323 g/mol. The molecule has 0 bridgehead atoms. The first kappa shape index (κ1) is 14.2. The minimum absolute atomic E-state index is 0.0468. The van der Waals surface area contributed by atoms with E-state index in [9.17, 15) is 0 Å². The van der Waals surface area contributed by atoms with Crippen molar-refractivity contribution >= 4 is 21.6 Å². The largest absolute Gasteiger partial charge is 0.467 e. The maximum Gasteiger partial charge on any atom is 0.123 e. The molecule has 3 nitrogen and oxygen atoms in total. The van der Waals surface area contributed by atoms with E-state index in [1.54, 1.807) is 6.26 Å². The molecule has 0 fully saturated rings. The number of hydrogen-bond acceptors (Lipinski definition) is 3. The van der Waals surface area contributed by atoms with Gasteiger partial charge in [-0.25, -0.2) is 0 Å². The second kappa shape index (κ2) is 6.26. The molecule has 0 aliphatic heterocycles. The van der Waals surface area contributed by atoms with Crippen LogP contribution in [-0.4, -0.2) is 6.54 Å². The van der Waals surface area contributed by atoms with Gasteiger partial charge in [0.1, 0.15) is 5.76 Å². The van der Waals surface area contributed by atoms with Crippen LogP contribution in [0.1, 0.15) is 31.2 Å². The molecule has 19 heavy (non-hydrogen) atoms. The van der Waals surface area contributed by atoms with Crippen LogP contribution >= 0.6 is 15.9 Å². The van der Waals surface area contributed by atoms with E-state index in [-0.39, 0.29) is 6.04 Å². The zero-order valence-electron chi connectivity index (χ0n) is 11.3. The quantitative estimate of drug-likeness (QED) is 0.901. The topological polar surface area (TPSA) is 42.4 Å². The van der Waals surface area contributed by atoms with Gasteiger partial charge in [-0.1, -0.05) is 6.07 Å². The first-order valence-corrected chi connectivity index (χ1v) is 7.23. The normalized spacial score (nSPS) is 12.4. The number of rotatable bonds is 5. The van der Waals surface area contributed by atoms with E-state index >= 15 is 0 Å². The molecule has 1 heterocycles. The van der Waals surface area contributed by atoms with E-state index < -0.39 is 0 Å². The van der Waals surface area contributed by atoms with Crippen molar-refractivity contribution in [3.8, 4) is 0 Å². The second-order valence-corrected chi connectivity index (χ2v) is 5.45. The van der Waals surface area contributed by atoms with E-state index in [0.29, 0.717) is 0 Å². The van der Waals surface area contributed by atoms with Gasteiger partial charge in [-0.05, 0) is 59.6 Å². The minimum atomic E-state index is 0.0468. The molecule has 1 unspecified atom stereocenters. The van der Waals surface area contributed by atoms with Crippen LogP contribution in [-0.2, 0) is 6.54 Å². The SMILES string of the molecule is CCN(Cc1ccco1)c1ccc(C(C)N)cc1Br. The van der Waals surface area contributed by atoms with Crippen LogP contribution in [0.3, 0.4) is 0 Å². The first-order valence-electron chi connectivity index (χ1n) is 6.44. The van der Waals surface area contributed by atoms with Gasteiger partial charge in [-0.15, -0.1) is 0 Å². The standard InChI is InChI=1S/C15H19BrN2O/c1-3-18(10-13-5-4-8-19-13)15-7-6-12(11(2)17)9-14(15)16/h4-9,11H,3,10,17H2,1-2H3. The third-order valence-electron chi connectivity index (χ3n) is 3.15. The summed E-state index contributed by atoms with van der Waals surface area (Å²) < 4.78 is 6.48. The Kier molecular flexibility index (Phi) is 4.66. The molecule has 0 aliphatic rings. The zero-order valence-corrected chi connectivity index (χ0v) is 12.9. The lowest BCUT2D eigenvalue weighted by Crippen LogP contribution is -2.22. The van der Waals surface area contributed by atoms with Crippen molar-refractivity contribution < 1.29 is 4.42 Å². The zero-order chi connectivity index (χ0) is 13.8. The molecule has 0 spiro atoms. The fraction of sp³-hybridized carbons (Fsp3) is 0.333. The maximum atomic E-state index is 5.90. The van der Waals surface area contributed by atoms with Crippen molar-refractivity contribution in [2.75, 3.05) is 11.4 Å². The number of furan rings is 1. The van der Waals surface area contributed by atoms with Gasteiger partial charge in [0.25, 0.3) is 0 Å². The number of hydrogen-bond donors (Lipinski definition) is 1. The van der Waals surface area contributed by atoms with Crippen LogP contribution in [0.4, 0.5) is 5.69 Å². The monoisotopic (exact) mass is 322 g/mol. The maximum absolute atomic E-state index is 5.90. The molecule has 0 saturated heterocycles. The Balaban J connectivity index is 2.23. The summed E-state index contributed by atoms with van der Waals surface area (Å²) in [4.78, 5) is 2.26. The molecule has 2 rings (SSSR count). The Morgan fingerprint density at radius 2 is 2.16 bits per heavy atom. The van der Waals surface area contributed by atoms with Gasteiger partial charge in [0.05, 0.1) is 18.5 Å². The molecule has 0 saturated carbocycles. The van der Waals surface area contributed by atoms with Crippen LogP contribution in [0.2, 0.25) is 0 Å². The van der Waals surface area contributed by atoms with Crippen molar-refractivity contribution in [3.05, 3.63) is 52.4 Å². The Morgan fingerprint density at radius 3 is 2.68 bits per heavy atom. The number of nitrogens with zero attached hydrogens (tertiary/aromatic N) is 1. The molecule has 1 atom stereocenters. The predicted molar refractivity (Wildman–Crippen MR) is 82.2 cm³/mol. The molecule has 4 heteroatoms. The van der Waals surface area contributed by atoms with E-state index in [1.807, 2.05) is 19.1 Å². The molecule has 0 radical (unpaired) electrons. The highest BCUT2D eigenvalue weighted by Crippen LogP contribution is 2.30. The minimum Gasteiger partial charge on any atom is -0.467 e. The second-order valence-electron chi connectivity index (χ2n) is 4.59. The van der Waals surface area contributed by atoms with Crippen LogP contribution in [0.15, 0.2) is 45.5 Å². The van der Waals surface area contributed by atoms with E-state index in [0.717, 1.165) is 34.6 Å². The lowest BCUT2D eigenvalue weighted by molar-refractivity contribution is 0.503. The summed E-state index contributed by atoms with van der Waals surface area (Å²) in [6.45, 7) is 5.80. The predicted octanol–water partition coefficient (Wildman–Crippen LogP) is 4.09. The summed E-state index contributed by atoms with van der Waals surface area (Å²) >= 11 is 3.63. The molecule has 1 aromatic heterocycles. The summed E-state index contributed by atoms with van der Waals surface area (Å²) in [5.41, 5.74) is 8.19. The van der Waals surface area contributed by atoms with Crippen molar-refractivity contribution in [1.29, 1.82) is 0 Å². The lowest BCUT2D eigenvalue weighted by atomic mass is 10.1. The molecule has 102 valence electrons. The number of nitrogens with two attached hydrogens (primary N) is 1. The highest BCUT2D eigenvalue weighted by Gasteiger charge is 2.12. The molecular weight excluding hydrogens is 304 g/mol. The van der Waals surface area contributed by atoms with Crippen LogP contribution in [0.25, 0.3) is 0 Å². The highest BCUT2D eigenvalue weighted by atomic mass is 79.9. The van der Waals surface area contributed by atoms with Crippen molar-refractivity contribution in [2.45, 2.75) is 26.4 Å². The molecule has 0 amide bonds. The van der Waals surface area contributed by atoms with E-state index in [1.165, 1.54) is 0 Å². The third-order valence-corrected chi connectivity index (χ3v) is 3.78. The van der Waals surface area contributed by atoms with Gasteiger partial charge in [-0.3, -0.25) is 0 Å². The van der Waals surface area contributed by atoms with Crippen molar-refractivity contribution in [2.24, 2.45) is 5.73 Å². The summed E-state index contributed by atoms with van der Waals surface area (Å²) in [7, 11) is 0.